The number of carbonyl (C=O) groups excluding carboxylic acids is 2. The Balaban J connectivity index is 2.21. The first-order valence-electron chi connectivity index (χ1n) is 12.3. The maximum Gasteiger partial charge on any atom is 0.242 e. The van der Waals surface area contributed by atoms with Crippen molar-refractivity contribution in [2.75, 3.05) is 13.7 Å². The first kappa shape index (κ1) is 27.5. The Bertz CT molecular complexity index is 942. The fourth-order valence-electron chi connectivity index (χ4n) is 3.95. The van der Waals surface area contributed by atoms with Crippen molar-refractivity contribution >= 4 is 11.8 Å². The van der Waals surface area contributed by atoms with E-state index in [1.807, 2.05) is 70.0 Å². The average Bonchev–Trinajstić information content (AvgIpc) is 3.20. The Labute approximate surface area is 205 Å². The van der Waals surface area contributed by atoms with Crippen molar-refractivity contribution in [3.05, 3.63) is 53.9 Å². The lowest BCUT2D eigenvalue weighted by Gasteiger charge is -2.34. The molecule has 1 aromatic carbocycles. The second-order valence-corrected chi connectivity index (χ2v) is 10.6. The van der Waals surface area contributed by atoms with Gasteiger partial charge in [-0.05, 0) is 62.4 Å². The Kier molecular flexibility index (Phi) is 9.77. The minimum atomic E-state index is -0.120. The minimum Gasteiger partial charge on any atom is -0.497 e. The number of hydrogen-bond donors (Lipinski definition) is 0. The molecule has 6 heteroatoms. The summed E-state index contributed by atoms with van der Waals surface area (Å²) in [4.78, 5) is 30.1. The van der Waals surface area contributed by atoms with Gasteiger partial charge in [-0.25, -0.2) is 0 Å². The monoisotopic (exact) mass is 469 g/mol. The maximum atomic E-state index is 13.5. The van der Waals surface area contributed by atoms with Gasteiger partial charge in [0.15, 0.2) is 0 Å². The molecule has 0 radical (unpaired) electrons. The highest BCUT2D eigenvalue weighted by Crippen LogP contribution is 2.22. The predicted molar refractivity (Wildman–Crippen MR) is 138 cm³/mol. The molecule has 0 saturated carbocycles. The number of benzene rings is 1. The molecule has 0 aliphatic carbocycles. The molecular formula is C28H43N3O3. The van der Waals surface area contributed by atoms with Gasteiger partial charge in [-0.15, -0.1) is 0 Å². The molecule has 188 valence electrons. The number of amides is 2. The summed E-state index contributed by atoms with van der Waals surface area (Å²) < 4.78 is 7.53. The molecule has 0 bridgehead atoms. The molecule has 2 aromatic rings. The van der Waals surface area contributed by atoms with Crippen LogP contribution in [-0.2, 0) is 22.7 Å². The molecule has 34 heavy (non-hydrogen) atoms. The van der Waals surface area contributed by atoms with Crippen LogP contribution < -0.4 is 4.74 Å². The summed E-state index contributed by atoms with van der Waals surface area (Å²) >= 11 is 0. The highest BCUT2D eigenvalue weighted by atomic mass is 16.5. The van der Waals surface area contributed by atoms with Gasteiger partial charge in [0, 0.05) is 36.9 Å². The number of nitrogens with zero attached hydrogens (tertiary/aromatic N) is 3. The lowest BCUT2D eigenvalue weighted by Crippen LogP contribution is -2.48. The van der Waals surface area contributed by atoms with Gasteiger partial charge in [0.2, 0.25) is 11.8 Å². The van der Waals surface area contributed by atoms with Crippen LogP contribution in [0.3, 0.4) is 0 Å². The van der Waals surface area contributed by atoms with Crippen molar-refractivity contribution in [2.24, 2.45) is 5.41 Å². The number of hydrogen-bond acceptors (Lipinski definition) is 3. The number of rotatable bonds is 11. The van der Waals surface area contributed by atoms with E-state index in [9.17, 15) is 9.59 Å². The fourth-order valence-corrected chi connectivity index (χ4v) is 3.95. The topological polar surface area (TPSA) is 54.8 Å². The number of ether oxygens (including phenoxy) is 1. The molecule has 2 amide bonds. The molecule has 6 nitrogen and oxygen atoms in total. The van der Waals surface area contributed by atoms with Crippen LogP contribution in [0.2, 0.25) is 0 Å². The Morgan fingerprint density at radius 2 is 1.74 bits per heavy atom. The average molecular weight is 470 g/mol. The quantitative estimate of drug-likeness (QED) is 0.446. The summed E-state index contributed by atoms with van der Waals surface area (Å²) in [5.74, 6) is 0.845. The van der Waals surface area contributed by atoms with E-state index < -0.39 is 0 Å². The first-order valence-corrected chi connectivity index (χ1v) is 12.3. The van der Waals surface area contributed by atoms with Crippen LogP contribution in [0.15, 0.2) is 42.6 Å². The summed E-state index contributed by atoms with van der Waals surface area (Å²) in [6, 6.07) is 12.1. The van der Waals surface area contributed by atoms with E-state index in [-0.39, 0.29) is 35.9 Å². The Morgan fingerprint density at radius 3 is 2.32 bits per heavy atom. The highest BCUT2D eigenvalue weighted by Gasteiger charge is 2.28. The Morgan fingerprint density at radius 1 is 1.03 bits per heavy atom. The lowest BCUT2D eigenvalue weighted by molar-refractivity contribution is -0.144. The van der Waals surface area contributed by atoms with Crippen LogP contribution in [0.25, 0.3) is 0 Å². The van der Waals surface area contributed by atoms with E-state index in [4.69, 9.17) is 4.74 Å². The van der Waals surface area contributed by atoms with E-state index >= 15 is 0 Å². The summed E-state index contributed by atoms with van der Waals surface area (Å²) in [7, 11) is 1.67. The zero-order valence-corrected chi connectivity index (χ0v) is 22.3. The standard InChI is InChI=1S/C28H43N3O3/c1-9-22(4)31(27(33)20-30(21(2)3)26(32)17-28(5,6)7)19-24-13-11-15-29(24)18-23-12-10-14-25(16-23)34-8/h10-16,21-22H,9,17-20H2,1-8H3. The molecule has 1 aromatic heterocycles. The van der Waals surface area contributed by atoms with E-state index in [1.165, 1.54) is 0 Å². The van der Waals surface area contributed by atoms with Crippen LogP contribution in [-0.4, -0.2) is 51.9 Å². The molecular weight excluding hydrogens is 426 g/mol. The van der Waals surface area contributed by atoms with E-state index in [0.29, 0.717) is 19.5 Å². The predicted octanol–water partition coefficient (Wildman–Crippen LogP) is 5.35. The van der Waals surface area contributed by atoms with E-state index in [2.05, 4.69) is 30.5 Å². The number of methoxy groups -OCH3 is 1. The van der Waals surface area contributed by atoms with Gasteiger partial charge in [-0.1, -0.05) is 39.8 Å². The molecule has 2 rings (SSSR count). The van der Waals surface area contributed by atoms with E-state index in [0.717, 1.165) is 23.4 Å². The molecule has 1 atom stereocenters. The molecule has 1 unspecified atom stereocenters. The van der Waals surface area contributed by atoms with Crippen molar-refractivity contribution in [1.29, 1.82) is 0 Å². The largest absolute Gasteiger partial charge is 0.497 e. The van der Waals surface area contributed by atoms with Crippen molar-refractivity contribution in [2.45, 2.75) is 86.5 Å². The molecule has 0 spiro atoms. The van der Waals surface area contributed by atoms with Crippen LogP contribution in [0.5, 0.6) is 5.75 Å². The molecule has 0 saturated heterocycles. The van der Waals surface area contributed by atoms with Gasteiger partial charge in [-0.2, -0.15) is 0 Å². The molecule has 0 fully saturated rings. The van der Waals surface area contributed by atoms with Crippen molar-refractivity contribution in [3.63, 3.8) is 0 Å². The maximum absolute atomic E-state index is 13.5. The summed E-state index contributed by atoms with van der Waals surface area (Å²) in [5, 5.41) is 0. The van der Waals surface area contributed by atoms with Gasteiger partial charge in [0.1, 0.15) is 5.75 Å². The van der Waals surface area contributed by atoms with E-state index in [1.54, 1.807) is 12.0 Å². The van der Waals surface area contributed by atoms with Crippen LogP contribution in [0.1, 0.15) is 72.6 Å². The zero-order valence-electron chi connectivity index (χ0n) is 22.3. The van der Waals surface area contributed by atoms with Gasteiger partial charge in [0.05, 0.1) is 20.2 Å². The third-order valence-corrected chi connectivity index (χ3v) is 6.12. The van der Waals surface area contributed by atoms with Crippen molar-refractivity contribution in [3.8, 4) is 5.75 Å². The second-order valence-electron chi connectivity index (χ2n) is 10.6. The smallest absolute Gasteiger partial charge is 0.242 e. The summed E-state index contributed by atoms with van der Waals surface area (Å²) in [5.41, 5.74) is 2.08. The molecule has 1 heterocycles. The third kappa shape index (κ3) is 7.93. The number of carbonyl (C=O) groups is 2. The van der Waals surface area contributed by atoms with Crippen molar-refractivity contribution < 1.29 is 14.3 Å². The Hall–Kier alpha value is -2.76. The summed E-state index contributed by atoms with van der Waals surface area (Å²) in [6.45, 7) is 15.6. The number of aromatic nitrogens is 1. The molecule has 0 aliphatic rings. The van der Waals surface area contributed by atoms with Crippen LogP contribution >= 0.6 is 0 Å². The third-order valence-electron chi connectivity index (χ3n) is 6.12. The normalized spacial score (nSPS) is 12.5. The van der Waals surface area contributed by atoms with Gasteiger partial charge in [-0.3, -0.25) is 9.59 Å². The lowest BCUT2D eigenvalue weighted by atomic mass is 9.91. The second kappa shape index (κ2) is 12.1. The van der Waals surface area contributed by atoms with Gasteiger partial charge in [0.25, 0.3) is 0 Å². The van der Waals surface area contributed by atoms with Gasteiger partial charge < -0.3 is 19.1 Å². The fraction of sp³-hybridized carbons (Fsp3) is 0.571. The van der Waals surface area contributed by atoms with Gasteiger partial charge >= 0.3 is 0 Å². The SMILES string of the molecule is CCC(C)N(Cc1cccn1Cc1cccc(OC)c1)C(=O)CN(C(=O)CC(C)(C)C)C(C)C. The zero-order chi connectivity index (χ0) is 25.5. The first-order chi connectivity index (χ1) is 15.9. The minimum absolute atomic E-state index is 0.0144. The molecule has 0 aliphatic heterocycles. The van der Waals surface area contributed by atoms with Crippen LogP contribution in [0, 0.1) is 5.41 Å². The highest BCUT2D eigenvalue weighted by molar-refractivity contribution is 5.85. The van der Waals surface area contributed by atoms with Crippen molar-refractivity contribution in [1.82, 2.24) is 14.4 Å². The molecule has 0 N–H and O–H groups in total. The summed E-state index contributed by atoms with van der Waals surface area (Å²) in [6.07, 6.45) is 3.31. The van der Waals surface area contributed by atoms with Crippen LogP contribution in [0.4, 0.5) is 0 Å².